The molecule has 0 aliphatic carbocycles. The average Bonchev–Trinajstić information content (AvgIpc) is 2.78. The number of rotatable bonds is 8. The molecule has 0 bridgehead atoms. The maximum Gasteiger partial charge on any atom is 0.319 e. The van der Waals surface area contributed by atoms with Crippen LogP contribution < -0.4 is 20.7 Å². The van der Waals surface area contributed by atoms with Crippen LogP contribution in [0.1, 0.15) is 29.8 Å². The van der Waals surface area contributed by atoms with Crippen LogP contribution in [0.15, 0.2) is 83.8 Å². The van der Waals surface area contributed by atoms with Gasteiger partial charge in [-0.15, -0.1) is 0 Å². The lowest BCUT2D eigenvalue weighted by Gasteiger charge is -2.11. The summed E-state index contributed by atoms with van der Waals surface area (Å²) in [5.74, 6) is -0.339. The molecule has 0 aliphatic heterocycles. The first-order valence-electron chi connectivity index (χ1n) is 10.4. The van der Waals surface area contributed by atoms with Gasteiger partial charge < -0.3 is 16.0 Å². The third-order valence-corrected chi connectivity index (χ3v) is 5.91. The van der Waals surface area contributed by atoms with Crippen molar-refractivity contribution in [2.75, 3.05) is 10.0 Å². The van der Waals surface area contributed by atoms with Crippen LogP contribution >= 0.6 is 0 Å². The summed E-state index contributed by atoms with van der Waals surface area (Å²) in [7, 11) is -3.75. The van der Waals surface area contributed by atoms with Crippen LogP contribution in [0.5, 0.6) is 0 Å². The predicted molar refractivity (Wildman–Crippen MR) is 129 cm³/mol. The summed E-state index contributed by atoms with van der Waals surface area (Å²) in [6, 6.07) is 21.1. The molecule has 0 saturated heterocycles. The van der Waals surface area contributed by atoms with Gasteiger partial charge in [-0.2, -0.15) is 0 Å². The summed E-state index contributed by atoms with van der Waals surface area (Å²) in [4.78, 5) is 24.5. The summed E-state index contributed by atoms with van der Waals surface area (Å²) >= 11 is 0. The van der Waals surface area contributed by atoms with Gasteiger partial charge in [-0.1, -0.05) is 36.4 Å². The topological polar surface area (TPSA) is 116 Å². The third kappa shape index (κ3) is 7.08. The Kier molecular flexibility index (Phi) is 7.68. The number of nitrogens with one attached hydrogen (secondary N) is 4. The van der Waals surface area contributed by atoms with E-state index in [2.05, 4.69) is 20.7 Å². The van der Waals surface area contributed by atoms with Crippen LogP contribution in [-0.4, -0.2) is 26.4 Å². The summed E-state index contributed by atoms with van der Waals surface area (Å²) in [5.41, 5.74) is 2.11. The van der Waals surface area contributed by atoms with Gasteiger partial charge in [0.15, 0.2) is 0 Å². The lowest BCUT2D eigenvalue weighted by atomic mass is 10.1. The summed E-state index contributed by atoms with van der Waals surface area (Å²) in [5, 5.41) is 8.28. The lowest BCUT2D eigenvalue weighted by Crippen LogP contribution is -2.34. The van der Waals surface area contributed by atoms with E-state index in [4.69, 9.17) is 0 Å². The van der Waals surface area contributed by atoms with Gasteiger partial charge in [0.1, 0.15) is 0 Å². The van der Waals surface area contributed by atoms with E-state index in [0.717, 1.165) is 5.56 Å². The molecule has 0 spiro atoms. The quantitative estimate of drug-likeness (QED) is 0.402. The fourth-order valence-corrected chi connectivity index (χ4v) is 4.03. The molecule has 0 unspecified atom stereocenters. The molecule has 4 N–H and O–H groups in total. The van der Waals surface area contributed by atoms with Crippen molar-refractivity contribution in [2.24, 2.45) is 0 Å². The van der Waals surface area contributed by atoms with Crippen LogP contribution in [0.3, 0.4) is 0 Å². The van der Waals surface area contributed by atoms with Crippen LogP contribution in [0, 0.1) is 0 Å². The minimum atomic E-state index is -3.75. The number of hydrogen-bond donors (Lipinski definition) is 4. The molecule has 3 amide bonds. The molecule has 3 aromatic carbocycles. The molecule has 3 rings (SSSR count). The van der Waals surface area contributed by atoms with Crippen molar-refractivity contribution in [1.29, 1.82) is 0 Å². The molecule has 0 aliphatic rings. The molecule has 33 heavy (non-hydrogen) atoms. The highest BCUT2D eigenvalue weighted by molar-refractivity contribution is 7.92. The van der Waals surface area contributed by atoms with Gasteiger partial charge in [-0.3, -0.25) is 9.52 Å². The zero-order valence-electron chi connectivity index (χ0n) is 18.3. The van der Waals surface area contributed by atoms with Crippen LogP contribution in [0.4, 0.5) is 16.2 Å². The SMILES string of the molecule is CC(C)NC(=O)Nc1ccc(CNC(=O)c2cccc(NS(=O)(=O)c3ccccc3)c2)cc1. The minimum Gasteiger partial charge on any atom is -0.348 e. The molecule has 0 atom stereocenters. The van der Waals surface area contributed by atoms with Gasteiger partial charge in [-0.05, 0) is 61.9 Å². The molecule has 3 aromatic rings. The van der Waals surface area contributed by atoms with Crippen molar-refractivity contribution in [3.05, 3.63) is 90.0 Å². The summed E-state index contributed by atoms with van der Waals surface area (Å²) in [6.07, 6.45) is 0. The highest BCUT2D eigenvalue weighted by atomic mass is 32.2. The van der Waals surface area contributed by atoms with Crippen molar-refractivity contribution >= 4 is 33.3 Å². The van der Waals surface area contributed by atoms with Crippen molar-refractivity contribution < 1.29 is 18.0 Å². The monoisotopic (exact) mass is 466 g/mol. The number of carbonyl (C=O) groups excluding carboxylic acids is 2. The van der Waals surface area contributed by atoms with E-state index >= 15 is 0 Å². The number of amides is 3. The van der Waals surface area contributed by atoms with Crippen molar-refractivity contribution in [1.82, 2.24) is 10.6 Å². The summed E-state index contributed by atoms with van der Waals surface area (Å²) in [6.45, 7) is 4.02. The maximum absolute atomic E-state index is 12.6. The van der Waals surface area contributed by atoms with Crippen molar-refractivity contribution in [3.63, 3.8) is 0 Å². The molecule has 9 heteroatoms. The second-order valence-electron chi connectivity index (χ2n) is 7.63. The van der Waals surface area contributed by atoms with E-state index in [0.29, 0.717) is 16.9 Å². The number of sulfonamides is 1. The van der Waals surface area contributed by atoms with Crippen LogP contribution in [0.2, 0.25) is 0 Å². The van der Waals surface area contributed by atoms with Crippen LogP contribution in [0.25, 0.3) is 0 Å². The Labute approximate surface area is 193 Å². The molecular formula is C24H26N4O4S. The van der Waals surface area contributed by atoms with E-state index in [1.54, 1.807) is 60.7 Å². The van der Waals surface area contributed by atoms with Gasteiger partial charge >= 0.3 is 6.03 Å². The molecule has 172 valence electrons. The van der Waals surface area contributed by atoms with Crippen molar-refractivity contribution in [3.8, 4) is 0 Å². The van der Waals surface area contributed by atoms with E-state index < -0.39 is 10.0 Å². The zero-order valence-corrected chi connectivity index (χ0v) is 19.1. The van der Waals surface area contributed by atoms with Gasteiger partial charge in [0, 0.05) is 29.5 Å². The largest absolute Gasteiger partial charge is 0.348 e. The first kappa shape index (κ1) is 23.8. The normalized spacial score (nSPS) is 11.0. The highest BCUT2D eigenvalue weighted by Crippen LogP contribution is 2.17. The Morgan fingerprint density at radius 1 is 0.848 bits per heavy atom. The second kappa shape index (κ2) is 10.6. The molecular weight excluding hydrogens is 440 g/mol. The highest BCUT2D eigenvalue weighted by Gasteiger charge is 2.14. The smallest absolute Gasteiger partial charge is 0.319 e. The van der Waals surface area contributed by atoms with E-state index in [1.165, 1.54) is 18.2 Å². The Hall–Kier alpha value is -3.85. The van der Waals surface area contributed by atoms with E-state index in [1.807, 2.05) is 13.8 Å². The Morgan fingerprint density at radius 3 is 2.21 bits per heavy atom. The fourth-order valence-electron chi connectivity index (χ4n) is 2.96. The number of hydrogen-bond acceptors (Lipinski definition) is 4. The maximum atomic E-state index is 12.6. The zero-order chi connectivity index (χ0) is 23.8. The lowest BCUT2D eigenvalue weighted by molar-refractivity contribution is 0.0951. The molecule has 0 aromatic heterocycles. The average molecular weight is 467 g/mol. The van der Waals surface area contributed by atoms with Gasteiger partial charge in [0.2, 0.25) is 0 Å². The second-order valence-corrected chi connectivity index (χ2v) is 9.31. The Bertz CT molecular complexity index is 1210. The predicted octanol–water partition coefficient (Wildman–Crippen LogP) is 3.95. The number of carbonyl (C=O) groups is 2. The summed E-state index contributed by atoms with van der Waals surface area (Å²) < 4.78 is 27.5. The fraction of sp³-hybridized carbons (Fsp3) is 0.167. The third-order valence-electron chi connectivity index (χ3n) is 4.52. The molecule has 0 fully saturated rings. The first-order chi connectivity index (χ1) is 15.7. The number of anilines is 2. The van der Waals surface area contributed by atoms with Gasteiger partial charge in [-0.25, -0.2) is 13.2 Å². The standard InChI is InChI=1S/C24H26N4O4S/c1-17(2)26-24(30)27-20-13-11-18(12-14-20)16-25-23(29)19-7-6-8-21(15-19)28-33(31,32)22-9-4-3-5-10-22/h3-15,17,28H,16H2,1-2H3,(H,25,29)(H2,26,27,30). The molecule has 8 nitrogen and oxygen atoms in total. The van der Waals surface area contributed by atoms with Gasteiger partial charge in [0.05, 0.1) is 4.90 Å². The Balaban J connectivity index is 1.58. The number of urea groups is 1. The molecule has 0 radical (unpaired) electrons. The first-order valence-corrected chi connectivity index (χ1v) is 11.8. The van der Waals surface area contributed by atoms with Crippen molar-refractivity contribution in [2.45, 2.75) is 31.3 Å². The Morgan fingerprint density at radius 2 is 1.55 bits per heavy atom. The number of benzene rings is 3. The molecule has 0 heterocycles. The molecule has 0 saturated carbocycles. The van der Waals surface area contributed by atoms with E-state index in [-0.39, 0.29) is 29.4 Å². The van der Waals surface area contributed by atoms with Gasteiger partial charge in [0.25, 0.3) is 15.9 Å². The minimum absolute atomic E-state index is 0.0339. The van der Waals surface area contributed by atoms with E-state index in [9.17, 15) is 18.0 Å². The van der Waals surface area contributed by atoms with Crippen LogP contribution in [-0.2, 0) is 16.6 Å².